The fraction of sp³-hybridized carbons (Fsp3) is 0.571. The maximum atomic E-state index is 6.19. The average molecular weight is 238 g/mol. The minimum atomic E-state index is 0.330. The lowest BCUT2D eigenvalue weighted by molar-refractivity contribution is 0.228. The molecule has 0 saturated heterocycles. The van der Waals surface area contributed by atoms with E-state index in [2.05, 4.69) is 45.1 Å². The molecule has 2 rings (SSSR count). The molecule has 0 amide bonds. The van der Waals surface area contributed by atoms with Crippen molar-refractivity contribution in [3.63, 3.8) is 0 Å². The van der Waals surface area contributed by atoms with Gasteiger partial charge in [0.2, 0.25) is 0 Å². The van der Waals surface area contributed by atoms with E-state index in [0.29, 0.717) is 17.3 Å². The van der Waals surface area contributed by atoms with Gasteiger partial charge in [-0.1, -0.05) is 51.4 Å². The van der Waals surface area contributed by atoms with Crippen LogP contribution in [0, 0.1) is 11.3 Å². The van der Waals surface area contributed by atoms with Crippen molar-refractivity contribution in [2.24, 2.45) is 11.3 Å². The number of nitrogens with one attached hydrogen (secondary N) is 1. The molecule has 2 unspecified atom stereocenters. The van der Waals surface area contributed by atoms with Gasteiger partial charge in [0, 0.05) is 12.5 Å². The Morgan fingerprint density at radius 2 is 2.06 bits per heavy atom. The van der Waals surface area contributed by atoms with Gasteiger partial charge in [-0.15, -0.1) is 0 Å². The lowest BCUT2D eigenvalue weighted by atomic mass is 9.72. The highest BCUT2D eigenvalue weighted by Crippen LogP contribution is 2.45. The smallest absolute Gasteiger partial charge is 0.0640 e. The lowest BCUT2D eigenvalue weighted by Gasteiger charge is -2.32. The first-order valence-corrected chi connectivity index (χ1v) is 6.31. The van der Waals surface area contributed by atoms with Crippen molar-refractivity contribution in [1.82, 2.24) is 0 Å². The monoisotopic (exact) mass is 237 g/mol. The minimum absolute atomic E-state index is 0.330. The summed E-state index contributed by atoms with van der Waals surface area (Å²) >= 11 is 6.19. The molecule has 0 aliphatic carbocycles. The van der Waals surface area contributed by atoms with Crippen molar-refractivity contribution in [1.29, 1.82) is 0 Å². The van der Waals surface area contributed by atoms with E-state index in [0.717, 1.165) is 17.3 Å². The molecule has 1 nitrogen and oxygen atoms in total. The Kier molecular flexibility index (Phi) is 2.91. The molecule has 0 bridgehead atoms. The maximum absolute atomic E-state index is 6.19. The normalized spacial score (nSPS) is 21.4. The summed E-state index contributed by atoms with van der Waals surface area (Å²) in [5.41, 5.74) is 2.86. The second-order valence-electron chi connectivity index (χ2n) is 5.85. The number of benzene rings is 1. The molecule has 1 heterocycles. The second-order valence-corrected chi connectivity index (χ2v) is 6.25. The van der Waals surface area contributed by atoms with Crippen LogP contribution < -0.4 is 5.32 Å². The van der Waals surface area contributed by atoms with Crippen LogP contribution in [0.25, 0.3) is 0 Å². The van der Waals surface area contributed by atoms with Crippen molar-refractivity contribution in [2.45, 2.75) is 33.6 Å². The van der Waals surface area contributed by atoms with Gasteiger partial charge in [-0.05, 0) is 23.0 Å². The minimum Gasteiger partial charge on any atom is -0.383 e. The van der Waals surface area contributed by atoms with Crippen LogP contribution in [0.2, 0.25) is 5.02 Å². The summed E-state index contributed by atoms with van der Waals surface area (Å²) in [5, 5.41) is 4.29. The van der Waals surface area contributed by atoms with Crippen molar-refractivity contribution >= 4 is 17.3 Å². The first-order chi connectivity index (χ1) is 7.41. The van der Waals surface area contributed by atoms with Crippen LogP contribution in [0.5, 0.6) is 0 Å². The van der Waals surface area contributed by atoms with Gasteiger partial charge in [-0.25, -0.2) is 0 Å². The molecule has 1 aromatic carbocycles. The van der Waals surface area contributed by atoms with Crippen molar-refractivity contribution in [2.75, 3.05) is 11.9 Å². The van der Waals surface area contributed by atoms with E-state index >= 15 is 0 Å². The largest absolute Gasteiger partial charge is 0.383 e. The molecule has 0 fully saturated rings. The average Bonchev–Trinajstić information content (AvgIpc) is 2.60. The molecule has 0 radical (unpaired) electrons. The van der Waals surface area contributed by atoms with Gasteiger partial charge >= 0.3 is 0 Å². The molecule has 0 aromatic heterocycles. The van der Waals surface area contributed by atoms with Gasteiger partial charge in [0.25, 0.3) is 0 Å². The highest BCUT2D eigenvalue weighted by atomic mass is 35.5. The Morgan fingerprint density at radius 1 is 1.38 bits per heavy atom. The van der Waals surface area contributed by atoms with E-state index in [1.54, 1.807) is 0 Å². The van der Waals surface area contributed by atoms with Crippen LogP contribution >= 0.6 is 11.6 Å². The molecular formula is C14H20ClN. The van der Waals surface area contributed by atoms with Gasteiger partial charge in [-0.2, -0.15) is 0 Å². The van der Waals surface area contributed by atoms with Gasteiger partial charge in [0.15, 0.2) is 0 Å². The summed E-state index contributed by atoms with van der Waals surface area (Å²) in [4.78, 5) is 0. The molecule has 0 saturated carbocycles. The Labute approximate surface area is 103 Å². The Morgan fingerprint density at radius 3 is 2.69 bits per heavy atom. The summed E-state index contributed by atoms with van der Waals surface area (Å²) in [6.45, 7) is 10.3. The van der Waals surface area contributed by atoms with E-state index in [1.165, 1.54) is 5.56 Å². The van der Waals surface area contributed by atoms with Crippen molar-refractivity contribution in [3.05, 3.63) is 28.8 Å². The number of rotatable bonds is 1. The number of hydrogen-bond donors (Lipinski definition) is 1. The summed E-state index contributed by atoms with van der Waals surface area (Å²) in [6, 6.07) is 6.21. The maximum Gasteiger partial charge on any atom is 0.0640 e. The zero-order valence-electron chi connectivity index (χ0n) is 10.5. The molecule has 1 aromatic rings. The quantitative estimate of drug-likeness (QED) is 0.757. The van der Waals surface area contributed by atoms with E-state index in [9.17, 15) is 0 Å². The summed E-state index contributed by atoms with van der Waals surface area (Å²) in [5.74, 6) is 1.22. The second kappa shape index (κ2) is 3.96. The molecule has 88 valence electrons. The molecule has 0 spiro atoms. The van der Waals surface area contributed by atoms with E-state index in [4.69, 9.17) is 11.6 Å². The third-order valence-corrected chi connectivity index (χ3v) is 4.23. The van der Waals surface area contributed by atoms with Gasteiger partial charge in [-0.3, -0.25) is 0 Å². The van der Waals surface area contributed by atoms with Crippen LogP contribution in [-0.2, 0) is 0 Å². The first kappa shape index (κ1) is 11.8. The Hall–Kier alpha value is -0.690. The third kappa shape index (κ3) is 1.93. The zero-order chi connectivity index (χ0) is 11.9. The first-order valence-electron chi connectivity index (χ1n) is 5.93. The fourth-order valence-electron chi connectivity index (χ4n) is 2.41. The molecule has 1 aliphatic heterocycles. The number of hydrogen-bond acceptors (Lipinski definition) is 1. The van der Waals surface area contributed by atoms with Crippen LogP contribution in [0.1, 0.15) is 39.2 Å². The predicted octanol–water partition coefficient (Wildman–Crippen LogP) is 4.53. The predicted molar refractivity (Wildman–Crippen MR) is 71.3 cm³/mol. The number of halogens is 1. The van der Waals surface area contributed by atoms with Crippen LogP contribution in [0.4, 0.5) is 5.69 Å². The highest BCUT2D eigenvalue weighted by Gasteiger charge is 2.34. The number of para-hydroxylation sites is 1. The van der Waals surface area contributed by atoms with Crippen molar-refractivity contribution < 1.29 is 0 Å². The summed E-state index contributed by atoms with van der Waals surface area (Å²) in [6.07, 6.45) is 0. The fourth-order valence-corrected chi connectivity index (χ4v) is 2.66. The van der Waals surface area contributed by atoms with Gasteiger partial charge < -0.3 is 5.32 Å². The molecule has 1 aliphatic rings. The highest BCUT2D eigenvalue weighted by molar-refractivity contribution is 6.33. The topological polar surface area (TPSA) is 12.0 Å². The van der Waals surface area contributed by atoms with E-state index in [-0.39, 0.29) is 0 Å². The lowest BCUT2D eigenvalue weighted by Crippen LogP contribution is -2.25. The van der Waals surface area contributed by atoms with E-state index in [1.807, 2.05) is 6.07 Å². The van der Waals surface area contributed by atoms with Crippen LogP contribution in [-0.4, -0.2) is 6.54 Å². The molecule has 2 heteroatoms. The summed E-state index contributed by atoms with van der Waals surface area (Å²) < 4.78 is 0. The Bertz CT molecular complexity index is 392. The molecule has 2 atom stereocenters. The van der Waals surface area contributed by atoms with Crippen molar-refractivity contribution in [3.8, 4) is 0 Å². The standard InChI is InChI=1S/C14H20ClN/c1-9(14(2,3)4)11-8-16-13-10(11)6-5-7-12(13)15/h5-7,9,11,16H,8H2,1-4H3. The molecule has 16 heavy (non-hydrogen) atoms. The molecule has 1 N–H and O–H groups in total. The van der Waals surface area contributed by atoms with Gasteiger partial charge in [0.1, 0.15) is 0 Å². The third-order valence-electron chi connectivity index (χ3n) is 3.91. The SMILES string of the molecule is CC(C1CNc2c(Cl)cccc21)C(C)(C)C. The van der Waals surface area contributed by atoms with Crippen LogP contribution in [0.3, 0.4) is 0 Å². The van der Waals surface area contributed by atoms with E-state index < -0.39 is 0 Å². The Balaban J connectivity index is 2.34. The summed E-state index contributed by atoms with van der Waals surface area (Å²) in [7, 11) is 0. The number of fused-ring (bicyclic) bond motifs is 1. The van der Waals surface area contributed by atoms with Gasteiger partial charge in [0.05, 0.1) is 10.7 Å². The zero-order valence-corrected chi connectivity index (χ0v) is 11.2. The van der Waals surface area contributed by atoms with Crippen LogP contribution in [0.15, 0.2) is 18.2 Å². The molecular weight excluding hydrogens is 218 g/mol. The number of anilines is 1.